The first-order valence-electron chi connectivity index (χ1n) is 6.75. The van der Waals surface area contributed by atoms with Gasteiger partial charge in [0.05, 0.1) is 12.7 Å². The molecule has 116 valence electrons. The number of hydrogen-bond acceptors (Lipinski definition) is 4. The highest BCUT2D eigenvalue weighted by molar-refractivity contribution is 7.16. The normalized spacial score (nSPS) is 10.2. The van der Waals surface area contributed by atoms with Gasteiger partial charge in [0.15, 0.2) is 0 Å². The molecule has 6 heteroatoms. The summed E-state index contributed by atoms with van der Waals surface area (Å²) < 4.78 is 5.12. The van der Waals surface area contributed by atoms with E-state index in [0.717, 1.165) is 10.4 Å². The monoisotopic (exact) mass is 318 g/mol. The highest BCUT2D eigenvalue weighted by atomic mass is 32.1. The average Bonchev–Trinajstić information content (AvgIpc) is 2.81. The highest BCUT2D eigenvalue weighted by Gasteiger charge is 2.20. The minimum absolute atomic E-state index is 0.206. The van der Waals surface area contributed by atoms with Crippen molar-refractivity contribution in [1.29, 1.82) is 0 Å². The van der Waals surface area contributed by atoms with Crippen LogP contribution >= 0.6 is 11.3 Å². The van der Waals surface area contributed by atoms with Crippen LogP contribution in [0.5, 0.6) is 5.75 Å². The zero-order valence-corrected chi connectivity index (χ0v) is 13.8. The van der Waals surface area contributed by atoms with Gasteiger partial charge in [-0.2, -0.15) is 0 Å². The van der Waals surface area contributed by atoms with Crippen LogP contribution in [0.1, 0.15) is 31.2 Å². The minimum atomic E-state index is -0.273. The maximum Gasteiger partial charge on any atom is 0.256 e. The van der Waals surface area contributed by atoms with Crippen LogP contribution in [0, 0.1) is 13.8 Å². The lowest BCUT2D eigenvalue weighted by Crippen LogP contribution is -2.21. The molecule has 1 aromatic heterocycles. The molecule has 1 aromatic carbocycles. The number of rotatable bonds is 4. The molecule has 0 spiro atoms. The maximum absolute atomic E-state index is 12.4. The molecule has 0 saturated carbocycles. The fraction of sp³-hybridized carbons (Fsp3) is 0.250. The molecule has 2 rings (SSSR count). The quantitative estimate of drug-likeness (QED) is 0.910. The van der Waals surface area contributed by atoms with Gasteiger partial charge in [-0.25, -0.2) is 0 Å². The number of benzene rings is 1. The molecule has 2 aromatic rings. The lowest BCUT2D eigenvalue weighted by atomic mass is 10.1. The first-order chi connectivity index (χ1) is 10.5. The number of thiophene rings is 1. The van der Waals surface area contributed by atoms with E-state index in [2.05, 4.69) is 10.6 Å². The Morgan fingerprint density at radius 2 is 1.91 bits per heavy atom. The molecular formula is C16H18N2O3S. The minimum Gasteiger partial charge on any atom is -0.497 e. The number of ether oxygens (including phenoxy) is 1. The van der Waals surface area contributed by atoms with E-state index in [1.54, 1.807) is 38.4 Å². The largest absolute Gasteiger partial charge is 0.497 e. The lowest BCUT2D eigenvalue weighted by molar-refractivity contribution is 0.0963. The molecule has 0 unspecified atom stereocenters. The SMILES string of the molecule is CNC(=O)c1c(NC(=O)c2cccc(OC)c2)sc(C)c1C. The standard InChI is InChI=1S/C16H18N2O3S/c1-9-10(2)22-16(13(9)15(20)17-3)18-14(19)11-6-5-7-12(8-11)21-4/h5-8H,1-4H3,(H,17,20)(H,18,19). The number of aryl methyl sites for hydroxylation is 1. The van der Waals surface area contributed by atoms with Crippen molar-refractivity contribution in [2.24, 2.45) is 0 Å². The Kier molecular flexibility index (Phi) is 4.82. The third-order valence-electron chi connectivity index (χ3n) is 3.40. The van der Waals surface area contributed by atoms with Crippen molar-refractivity contribution in [3.8, 4) is 5.75 Å². The molecule has 0 saturated heterocycles. The number of methoxy groups -OCH3 is 1. The molecule has 0 atom stereocenters. The first kappa shape index (κ1) is 16.0. The molecule has 0 fully saturated rings. The summed E-state index contributed by atoms with van der Waals surface area (Å²) in [5.74, 6) is 0.130. The number of nitrogens with one attached hydrogen (secondary N) is 2. The number of carbonyl (C=O) groups is 2. The smallest absolute Gasteiger partial charge is 0.256 e. The van der Waals surface area contributed by atoms with Crippen molar-refractivity contribution in [1.82, 2.24) is 5.32 Å². The van der Waals surface area contributed by atoms with Crippen molar-refractivity contribution < 1.29 is 14.3 Å². The molecule has 2 N–H and O–H groups in total. The molecular weight excluding hydrogens is 300 g/mol. The lowest BCUT2D eigenvalue weighted by Gasteiger charge is -2.07. The second kappa shape index (κ2) is 6.62. The predicted octanol–water partition coefficient (Wildman–Crippen LogP) is 2.99. The van der Waals surface area contributed by atoms with Gasteiger partial charge in [-0.15, -0.1) is 11.3 Å². The van der Waals surface area contributed by atoms with Gasteiger partial charge in [-0.1, -0.05) is 6.07 Å². The van der Waals surface area contributed by atoms with E-state index in [1.165, 1.54) is 11.3 Å². The Morgan fingerprint density at radius 3 is 2.55 bits per heavy atom. The topological polar surface area (TPSA) is 67.4 Å². The summed E-state index contributed by atoms with van der Waals surface area (Å²) in [7, 11) is 3.12. The van der Waals surface area contributed by atoms with Crippen molar-refractivity contribution >= 4 is 28.2 Å². The molecule has 5 nitrogen and oxygen atoms in total. The summed E-state index contributed by atoms with van der Waals surface area (Å²) in [6.45, 7) is 3.80. The summed E-state index contributed by atoms with van der Waals surface area (Å²) in [5.41, 5.74) is 1.87. The van der Waals surface area contributed by atoms with Crippen LogP contribution < -0.4 is 15.4 Å². The Morgan fingerprint density at radius 1 is 1.18 bits per heavy atom. The van der Waals surface area contributed by atoms with Crippen molar-refractivity contribution in [2.45, 2.75) is 13.8 Å². The third-order valence-corrected chi connectivity index (χ3v) is 4.52. The van der Waals surface area contributed by atoms with E-state index in [0.29, 0.717) is 21.9 Å². The molecule has 0 radical (unpaired) electrons. The summed E-state index contributed by atoms with van der Waals surface area (Å²) >= 11 is 1.39. The van der Waals surface area contributed by atoms with Crippen LogP contribution in [0.2, 0.25) is 0 Å². The average molecular weight is 318 g/mol. The van der Waals surface area contributed by atoms with E-state index in [4.69, 9.17) is 4.74 Å². The Labute approximate surface area is 133 Å². The first-order valence-corrected chi connectivity index (χ1v) is 7.57. The van der Waals surface area contributed by atoms with Gasteiger partial charge >= 0.3 is 0 Å². The summed E-state index contributed by atoms with van der Waals surface area (Å²) in [6.07, 6.45) is 0. The second-order valence-electron chi connectivity index (χ2n) is 4.75. The van der Waals surface area contributed by atoms with Crippen molar-refractivity contribution in [2.75, 3.05) is 19.5 Å². The van der Waals surface area contributed by atoms with Crippen LogP contribution in [0.4, 0.5) is 5.00 Å². The number of carbonyl (C=O) groups excluding carboxylic acids is 2. The van der Waals surface area contributed by atoms with Gasteiger partial charge < -0.3 is 15.4 Å². The van der Waals surface area contributed by atoms with Gasteiger partial charge in [0.1, 0.15) is 10.8 Å². The Bertz CT molecular complexity index is 722. The Balaban J connectivity index is 2.32. The fourth-order valence-corrected chi connectivity index (χ4v) is 3.11. The van der Waals surface area contributed by atoms with Crippen LogP contribution in [0.25, 0.3) is 0 Å². The maximum atomic E-state index is 12.4. The van der Waals surface area contributed by atoms with Gasteiger partial charge in [0.2, 0.25) is 0 Å². The van der Waals surface area contributed by atoms with Crippen LogP contribution in [0.3, 0.4) is 0 Å². The predicted molar refractivity (Wildman–Crippen MR) is 88.1 cm³/mol. The van der Waals surface area contributed by atoms with E-state index < -0.39 is 0 Å². The zero-order valence-electron chi connectivity index (χ0n) is 12.9. The molecule has 2 amide bonds. The van der Waals surface area contributed by atoms with E-state index in [-0.39, 0.29) is 11.8 Å². The zero-order chi connectivity index (χ0) is 16.3. The fourth-order valence-electron chi connectivity index (χ4n) is 2.05. The number of amides is 2. The molecule has 0 aliphatic carbocycles. The van der Waals surface area contributed by atoms with E-state index >= 15 is 0 Å². The van der Waals surface area contributed by atoms with Gasteiger partial charge in [0, 0.05) is 17.5 Å². The molecule has 0 aliphatic heterocycles. The third kappa shape index (κ3) is 3.12. The molecule has 22 heavy (non-hydrogen) atoms. The second-order valence-corrected chi connectivity index (χ2v) is 5.98. The van der Waals surface area contributed by atoms with Gasteiger partial charge in [0.25, 0.3) is 11.8 Å². The summed E-state index contributed by atoms with van der Waals surface area (Å²) in [6, 6.07) is 6.87. The molecule has 0 aliphatic rings. The van der Waals surface area contributed by atoms with Gasteiger partial charge in [-0.05, 0) is 37.6 Å². The highest BCUT2D eigenvalue weighted by Crippen LogP contribution is 2.32. The summed E-state index contributed by atoms with van der Waals surface area (Å²) in [4.78, 5) is 25.4. The number of anilines is 1. The van der Waals surface area contributed by atoms with E-state index in [1.807, 2.05) is 13.8 Å². The van der Waals surface area contributed by atoms with Crippen LogP contribution in [0.15, 0.2) is 24.3 Å². The van der Waals surface area contributed by atoms with Crippen molar-refractivity contribution in [3.05, 3.63) is 45.8 Å². The molecule has 0 bridgehead atoms. The van der Waals surface area contributed by atoms with Crippen LogP contribution in [-0.2, 0) is 0 Å². The number of hydrogen-bond donors (Lipinski definition) is 2. The van der Waals surface area contributed by atoms with Crippen LogP contribution in [-0.4, -0.2) is 26.0 Å². The molecule has 1 heterocycles. The van der Waals surface area contributed by atoms with E-state index in [9.17, 15) is 9.59 Å². The van der Waals surface area contributed by atoms with Crippen molar-refractivity contribution in [3.63, 3.8) is 0 Å². The van der Waals surface area contributed by atoms with Gasteiger partial charge in [-0.3, -0.25) is 9.59 Å². The summed E-state index contributed by atoms with van der Waals surface area (Å²) in [5, 5.41) is 5.98. The Hall–Kier alpha value is -2.34.